The van der Waals surface area contributed by atoms with Crippen molar-refractivity contribution in [2.45, 2.75) is 57.6 Å². The monoisotopic (exact) mass is 387 g/mol. The number of nitrogens with one attached hydrogen (secondary N) is 1. The van der Waals surface area contributed by atoms with Crippen LogP contribution in [0.4, 0.5) is 0 Å². The van der Waals surface area contributed by atoms with Gasteiger partial charge in [-0.3, -0.25) is 4.79 Å². The molecule has 1 heterocycles. The minimum absolute atomic E-state index is 0.000123. The van der Waals surface area contributed by atoms with Gasteiger partial charge in [0.25, 0.3) is 0 Å². The number of carbonyl (C=O) groups is 1. The van der Waals surface area contributed by atoms with Gasteiger partial charge in [0, 0.05) is 18.4 Å². The maximum atomic E-state index is 12.9. The van der Waals surface area contributed by atoms with Gasteiger partial charge in [0.05, 0.1) is 6.04 Å². The molecule has 0 aliphatic carbocycles. The van der Waals surface area contributed by atoms with Crippen LogP contribution in [-0.2, 0) is 11.2 Å². The first-order valence-corrected chi connectivity index (χ1v) is 10.7. The highest BCUT2D eigenvalue weighted by molar-refractivity contribution is 5.86. The minimum atomic E-state index is -0.206. The summed E-state index contributed by atoms with van der Waals surface area (Å²) in [5.41, 5.74) is 2.10. The third kappa shape index (κ3) is 4.00. The molecule has 3 aromatic rings. The van der Waals surface area contributed by atoms with Gasteiger partial charge in [-0.1, -0.05) is 74.5 Å². The van der Waals surface area contributed by atoms with Crippen LogP contribution in [0, 0.1) is 0 Å². The molecule has 0 saturated heterocycles. The summed E-state index contributed by atoms with van der Waals surface area (Å²) in [6, 6.07) is 22.8. The largest absolute Gasteiger partial charge is 0.487 e. The average molecular weight is 388 g/mol. The van der Waals surface area contributed by atoms with Gasteiger partial charge in [-0.15, -0.1) is 0 Å². The van der Waals surface area contributed by atoms with E-state index in [-0.39, 0.29) is 17.6 Å². The van der Waals surface area contributed by atoms with E-state index in [1.54, 1.807) is 0 Å². The summed E-state index contributed by atoms with van der Waals surface area (Å²) in [5, 5.41) is 5.75. The fraction of sp³-hybridized carbons (Fsp3) is 0.346. The van der Waals surface area contributed by atoms with E-state index in [0.717, 1.165) is 37.0 Å². The SMILES string of the molecule is CCC1(CC)C[C@H](NC(=O)CCc2cccc3ccccc23)c2ccccc2O1. The highest BCUT2D eigenvalue weighted by Crippen LogP contribution is 2.42. The summed E-state index contributed by atoms with van der Waals surface area (Å²) in [7, 11) is 0. The van der Waals surface area contributed by atoms with Gasteiger partial charge in [-0.05, 0) is 41.7 Å². The molecule has 0 saturated carbocycles. The van der Waals surface area contributed by atoms with E-state index < -0.39 is 0 Å². The van der Waals surface area contributed by atoms with Gasteiger partial charge >= 0.3 is 0 Å². The zero-order valence-corrected chi connectivity index (χ0v) is 17.3. The van der Waals surface area contributed by atoms with Crippen molar-refractivity contribution in [1.82, 2.24) is 5.32 Å². The summed E-state index contributed by atoms with van der Waals surface area (Å²) in [5.74, 6) is 1.00. The number of rotatable bonds is 6. The second kappa shape index (κ2) is 8.28. The molecule has 1 atom stereocenters. The average Bonchev–Trinajstić information content (AvgIpc) is 2.77. The zero-order valence-electron chi connectivity index (χ0n) is 17.3. The highest BCUT2D eigenvalue weighted by Gasteiger charge is 2.38. The molecule has 1 aliphatic rings. The Balaban J connectivity index is 1.49. The second-order valence-corrected chi connectivity index (χ2v) is 7.99. The number of carbonyl (C=O) groups excluding carboxylic acids is 1. The van der Waals surface area contributed by atoms with Crippen molar-refractivity contribution in [3.8, 4) is 5.75 Å². The van der Waals surface area contributed by atoms with Crippen molar-refractivity contribution < 1.29 is 9.53 Å². The Kier molecular flexibility index (Phi) is 5.57. The first-order chi connectivity index (χ1) is 14.1. The summed E-state index contributed by atoms with van der Waals surface area (Å²) in [6.07, 6.45) is 3.90. The molecular weight excluding hydrogens is 358 g/mol. The summed E-state index contributed by atoms with van der Waals surface area (Å²) in [4.78, 5) is 12.9. The van der Waals surface area contributed by atoms with E-state index in [1.165, 1.54) is 16.3 Å². The van der Waals surface area contributed by atoms with Crippen LogP contribution in [0.15, 0.2) is 66.7 Å². The van der Waals surface area contributed by atoms with Crippen LogP contribution in [-0.4, -0.2) is 11.5 Å². The first-order valence-electron chi connectivity index (χ1n) is 10.7. The van der Waals surface area contributed by atoms with E-state index in [9.17, 15) is 4.79 Å². The van der Waals surface area contributed by atoms with Gasteiger partial charge in [0.2, 0.25) is 5.91 Å². The molecule has 1 aliphatic heterocycles. The van der Waals surface area contributed by atoms with Crippen molar-refractivity contribution in [2.24, 2.45) is 0 Å². The Morgan fingerprint density at radius 2 is 1.72 bits per heavy atom. The number of ether oxygens (including phenoxy) is 1. The van der Waals surface area contributed by atoms with Gasteiger partial charge in [0.15, 0.2) is 0 Å². The fourth-order valence-corrected chi connectivity index (χ4v) is 4.46. The van der Waals surface area contributed by atoms with Crippen LogP contribution in [0.2, 0.25) is 0 Å². The quantitative estimate of drug-likeness (QED) is 0.566. The van der Waals surface area contributed by atoms with E-state index in [2.05, 4.69) is 67.7 Å². The van der Waals surface area contributed by atoms with Crippen molar-refractivity contribution in [3.05, 3.63) is 77.9 Å². The third-order valence-electron chi connectivity index (χ3n) is 6.32. The number of hydrogen-bond donors (Lipinski definition) is 1. The molecule has 3 aromatic carbocycles. The van der Waals surface area contributed by atoms with Crippen LogP contribution in [0.3, 0.4) is 0 Å². The lowest BCUT2D eigenvalue weighted by molar-refractivity contribution is -0.122. The van der Waals surface area contributed by atoms with Crippen molar-refractivity contribution in [3.63, 3.8) is 0 Å². The number of hydrogen-bond acceptors (Lipinski definition) is 2. The van der Waals surface area contributed by atoms with E-state index in [0.29, 0.717) is 6.42 Å². The Morgan fingerprint density at radius 1 is 1.00 bits per heavy atom. The maximum absolute atomic E-state index is 12.9. The molecule has 1 N–H and O–H groups in total. The predicted octanol–water partition coefficient (Wildman–Crippen LogP) is 5.97. The molecule has 1 amide bonds. The second-order valence-electron chi connectivity index (χ2n) is 7.99. The molecule has 3 heteroatoms. The van der Waals surface area contributed by atoms with Crippen molar-refractivity contribution in [1.29, 1.82) is 0 Å². The van der Waals surface area contributed by atoms with Crippen LogP contribution in [0.25, 0.3) is 10.8 Å². The van der Waals surface area contributed by atoms with E-state index in [4.69, 9.17) is 4.74 Å². The highest BCUT2D eigenvalue weighted by atomic mass is 16.5. The molecule has 0 fully saturated rings. The Labute approximate surface area is 173 Å². The lowest BCUT2D eigenvalue weighted by Gasteiger charge is -2.41. The zero-order chi connectivity index (χ0) is 20.3. The fourth-order valence-electron chi connectivity index (χ4n) is 4.46. The van der Waals surface area contributed by atoms with Crippen LogP contribution in [0.1, 0.15) is 56.7 Å². The molecule has 3 nitrogen and oxygen atoms in total. The summed E-state index contributed by atoms with van der Waals surface area (Å²) in [6.45, 7) is 4.33. The molecule has 4 rings (SSSR count). The Bertz CT molecular complexity index is 1000. The van der Waals surface area contributed by atoms with Crippen molar-refractivity contribution >= 4 is 16.7 Å². The van der Waals surface area contributed by atoms with Crippen LogP contribution < -0.4 is 10.1 Å². The Hall–Kier alpha value is -2.81. The number of para-hydroxylation sites is 1. The van der Waals surface area contributed by atoms with Gasteiger partial charge in [-0.2, -0.15) is 0 Å². The maximum Gasteiger partial charge on any atom is 0.220 e. The lowest BCUT2D eigenvalue weighted by atomic mass is 9.83. The van der Waals surface area contributed by atoms with Crippen LogP contribution >= 0.6 is 0 Å². The molecular formula is C26H29NO2. The Morgan fingerprint density at radius 3 is 2.55 bits per heavy atom. The topological polar surface area (TPSA) is 38.3 Å². The summed E-state index contributed by atoms with van der Waals surface area (Å²) >= 11 is 0. The van der Waals surface area contributed by atoms with Crippen molar-refractivity contribution in [2.75, 3.05) is 0 Å². The minimum Gasteiger partial charge on any atom is -0.487 e. The molecule has 0 aromatic heterocycles. The van der Waals surface area contributed by atoms with E-state index >= 15 is 0 Å². The van der Waals surface area contributed by atoms with Crippen LogP contribution in [0.5, 0.6) is 5.75 Å². The smallest absolute Gasteiger partial charge is 0.220 e. The predicted molar refractivity (Wildman–Crippen MR) is 118 cm³/mol. The van der Waals surface area contributed by atoms with E-state index in [1.807, 2.05) is 18.2 Å². The third-order valence-corrected chi connectivity index (χ3v) is 6.32. The molecule has 0 unspecified atom stereocenters. The van der Waals surface area contributed by atoms with Gasteiger partial charge in [-0.25, -0.2) is 0 Å². The molecule has 29 heavy (non-hydrogen) atoms. The number of aryl methyl sites for hydroxylation is 1. The van der Waals surface area contributed by atoms with Gasteiger partial charge in [0.1, 0.15) is 11.4 Å². The molecule has 0 bridgehead atoms. The lowest BCUT2D eigenvalue weighted by Crippen LogP contribution is -2.44. The standard InChI is InChI=1S/C26H29NO2/c1-3-26(4-2)18-23(22-14-7-8-15-24(22)29-26)27-25(28)17-16-20-12-9-11-19-10-5-6-13-21(19)20/h5-15,23H,3-4,16-18H2,1-2H3,(H,27,28)/t23-/m0/s1. The number of amides is 1. The van der Waals surface area contributed by atoms with Gasteiger partial charge < -0.3 is 10.1 Å². The molecule has 0 radical (unpaired) electrons. The summed E-state index contributed by atoms with van der Waals surface area (Å²) < 4.78 is 6.36. The molecule has 0 spiro atoms. The number of fused-ring (bicyclic) bond motifs is 2. The molecule has 150 valence electrons. The number of benzene rings is 3. The first kappa shape index (κ1) is 19.5. The normalized spacial score (nSPS) is 17.4.